The number of hydrogen-bond donors (Lipinski definition) is 3. The Morgan fingerprint density at radius 1 is 1.35 bits per heavy atom. The Balaban J connectivity index is 1.86. The number of nitrogens with one attached hydrogen (secondary N) is 1. The first-order chi connectivity index (χ1) is 9.58. The molecule has 108 valence electrons. The minimum atomic E-state index is -1.28. The van der Waals surface area contributed by atoms with Crippen molar-refractivity contribution < 1.29 is 24.5 Å². The van der Waals surface area contributed by atoms with E-state index in [1.165, 1.54) is 0 Å². The molecule has 6 heteroatoms. The molecule has 1 fully saturated rings. The number of hydrogen-bond acceptors (Lipinski definition) is 4. The fraction of sp³-hybridized carbons (Fsp3) is 0.429. The summed E-state index contributed by atoms with van der Waals surface area (Å²) >= 11 is 0. The van der Waals surface area contributed by atoms with E-state index in [0.29, 0.717) is 12.8 Å². The van der Waals surface area contributed by atoms with E-state index in [1.807, 2.05) is 30.3 Å². The molecule has 0 spiro atoms. The molecular formula is C14H17NO5. The molecule has 1 aliphatic rings. The molecule has 2 rings (SSSR count). The van der Waals surface area contributed by atoms with Gasteiger partial charge in [0.25, 0.3) is 0 Å². The van der Waals surface area contributed by atoms with Crippen LogP contribution in [0.4, 0.5) is 4.79 Å². The Labute approximate surface area is 116 Å². The Kier molecular flexibility index (Phi) is 4.24. The normalized spacial score (nSPS) is 23.9. The van der Waals surface area contributed by atoms with Crippen molar-refractivity contribution in [3.63, 3.8) is 0 Å². The highest BCUT2D eigenvalue weighted by molar-refractivity contribution is 5.88. The molecule has 6 nitrogen and oxygen atoms in total. The average molecular weight is 279 g/mol. The highest BCUT2D eigenvalue weighted by atomic mass is 16.5. The SMILES string of the molecule is O=C(N[C@@]1(C(=O)O)C[C@@H]1CCO)OCc1ccccc1. The second-order valence-corrected chi connectivity index (χ2v) is 4.88. The zero-order valence-electron chi connectivity index (χ0n) is 10.9. The zero-order chi connectivity index (χ0) is 14.6. The Morgan fingerprint density at radius 2 is 2.05 bits per heavy atom. The van der Waals surface area contributed by atoms with E-state index in [0.717, 1.165) is 5.56 Å². The first kappa shape index (κ1) is 14.3. The Morgan fingerprint density at radius 3 is 2.65 bits per heavy atom. The maximum absolute atomic E-state index is 11.7. The molecule has 0 aromatic heterocycles. The molecule has 0 radical (unpaired) electrons. The maximum Gasteiger partial charge on any atom is 0.408 e. The van der Waals surface area contributed by atoms with Crippen LogP contribution in [0.3, 0.4) is 0 Å². The molecular weight excluding hydrogens is 262 g/mol. The van der Waals surface area contributed by atoms with Crippen LogP contribution in [-0.4, -0.2) is 34.4 Å². The number of aliphatic carboxylic acids is 1. The number of alkyl carbamates (subject to hydrolysis) is 1. The van der Waals surface area contributed by atoms with Gasteiger partial charge in [0.15, 0.2) is 0 Å². The Bertz CT molecular complexity index is 490. The van der Waals surface area contributed by atoms with Crippen molar-refractivity contribution in [3.8, 4) is 0 Å². The monoisotopic (exact) mass is 279 g/mol. The summed E-state index contributed by atoms with van der Waals surface area (Å²) in [6.45, 7) is -0.00647. The van der Waals surface area contributed by atoms with Crippen LogP contribution < -0.4 is 5.32 Å². The van der Waals surface area contributed by atoms with Crippen molar-refractivity contribution in [2.75, 3.05) is 6.61 Å². The van der Waals surface area contributed by atoms with E-state index < -0.39 is 17.6 Å². The molecule has 0 saturated heterocycles. The van der Waals surface area contributed by atoms with Gasteiger partial charge in [0, 0.05) is 6.61 Å². The van der Waals surface area contributed by atoms with Gasteiger partial charge in [-0.2, -0.15) is 0 Å². The lowest BCUT2D eigenvalue weighted by molar-refractivity contribution is -0.141. The number of rotatable bonds is 6. The number of amides is 1. The molecule has 0 unspecified atom stereocenters. The summed E-state index contributed by atoms with van der Waals surface area (Å²) in [6.07, 6.45) is -0.0779. The topological polar surface area (TPSA) is 95.9 Å². The lowest BCUT2D eigenvalue weighted by Gasteiger charge is -2.14. The van der Waals surface area contributed by atoms with E-state index in [4.69, 9.17) is 9.84 Å². The van der Waals surface area contributed by atoms with Crippen LogP contribution in [0, 0.1) is 5.92 Å². The molecule has 20 heavy (non-hydrogen) atoms. The minimum Gasteiger partial charge on any atom is -0.479 e. The smallest absolute Gasteiger partial charge is 0.408 e. The zero-order valence-corrected chi connectivity index (χ0v) is 10.9. The molecule has 1 saturated carbocycles. The summed E-state index contributed by atoms with van der Waals surface area (Å²) in [5, 5.41) is 20.4. The molecule has 2 atom stereocenters. The van der Waals surface area contributed by atoms with Gasteiger partial charge >= 0.3 is 12.1 Å². The number of carbonyl (C=O) groups excluding carboxylic acids is 1. The van der Waals surface area contributed by atoms with Crippen molar-refractivity contribution >= 4 is 12.1 Å². The molecule has 3 N–H and O–H groups in total. The number of aliphatic hydroxyl groups is 1. The van der Waals surface area contributed by atoms with E-state index in [-0.39, 0.29) is 19.1 Å². The van der Waals surface area contributed by atoms with Crippen molar-refractivity contribution in [1.82, 2.24) is 5.32 Å². The summed E-state index contributed by atoms with van der Waals surface area (Å²) in [6, 6.07) is 9.13. The van der Waals surface area contributed by atoms with Gasteiger partial charge in [0.05, 0.1) is 0 Å². The number of carboxylic acid groups (broad SMARTS) is 1. The van der Waals surface area contributed by atoms with Crippen molar-refractivity contribution in [3.05, 3.63) is 35.9 Å². The lowest BCUT2D eigenvalue weighted by Crippen LogP contribution is -2.45. The fourth-order valence-corrected chi connectivity index (χ4v) is 2.24. The first-order valence-corrected chi connectivity index (χ1v) is 6.41. The number of carboxylic acids is 1. The molecule has 0 heterocycles. The van der Waals surface area contributed by atoms with Crippen LogP contribution in [0.1, 0.15) is 18.4 Å². The van der Waals surface area contributed by atoms with E-state index in [9.17, 15) is 14.7 Å². The predicted octanol–water partition coefficient (Wildman–Crippen LogP) is 1.14. The standard InChI is InChI=1S/C14H17NO5/c16-7-6-11-8-14(11,12(17)18)15-13(19)20-9-10-4-2-1-3-5-10/h1-5,11,16H,6-9H2,(H,15,19)(H,17,18)/t11-,14-/m0/s1. The van der Waals surface area contributed by atoms with Crippen molar-refractivity contribution in [1.29, 1.82) is 0 Å². The van der Waals surface area contributed by atoms with Gasteiger partial charge in [-0.15, -0.1) is 0 Å². The third-order valence-electron chi connectivity index (χ3n) is 3.50. The minimum absolute atomic E-state index is 0.0903. The second kappa shape index (κ2) is 5.92. The highest BCUT2D eigenvalue weighted by Gasteiger charge is 2.61. The number of benzene rings is 1. The van der Waals surface area contributed by atoms with E-state index in [1.54, 1.807) is 0 Å². The van der Waals surface area contributed by atoms with Crippen molar-refractivity contribution in [2.45, 2.75) is 25.0 Å². The van der Waals surface area contributed by atoms with Crippen LogP contribution in [-0.2, 0) is 16.1 Å². The third kappa shape index (κ3) is 3.08. The van der Waals surface area contributed by atoms with Gasteiger partial charge in [-0.05, 0) is 24.3 Å². The third-order valence-corrected chi connectivity index (χ3v) is 3.50. The van der Waals surface area contributed by atoms with E-state index >= 15 is 0 Å². The highest BCUT2D eigenvalue weighted by Crippen LogP contribution is 2.46. The van der Waals surface area contributed by atoms with Gasteiger partial charge in [-0.25, -0.2) is 9.59 Å². The Hall–Kier alpha value is -2.08. The molecule has 0 aliphatic heterocycles. The fourth-order valence-electron chi connectivity index (χ4n) is 2.24. The maximum atomic E-state index is 11.7. The van der Waals surface area contributed by atoms with Gasteiger partial charge < -0.3 is 20.3 Å². The molecule has 1 aromatic rings. The van der Waals surface area contributed by atoms with Crippen LogP contribution in [0.5, 0.6) is 0 Å². The molecule has 0 bridgehead atoms. The van der Waals surface area contributed by atoms with Gasteiger partial charge in [-0.3, -0.25) is 0 Å². The first-order valence-electron chi connectivity index (χ1n) is 6.41. The number of aliphatic hydroxyl groups excluding tert-OH is 1. The van der Waals surface area contributed by atoms with Gasteiger partial charge in [0.1, 0.15) is 12.1 Å². The van der Waals surface area contributed by atoms with Gasteiger partial charge in [0.2, 0.25) is 0 Å². The number of carbonyl (C=O) groups is 2. The molecule has 1 aliphatic carbocycles. The quantitative estimate of drug-likeness (QED) is 0.725. The summed E-state index contributed by atoms with van der Waals surface area (Å²) in [5.41, 5.74) is -0.453. The average Bonchev–Trinajstić information content (AvgIpc) is 3.12. The lowest BCUT2D eigenvalue weighted by atomic mass is 10.1. The van der Waals surface area contributed by atoms with Crippen LogP contribution in [0.25, 0.3) is 0 Å². The molecule has 1 aromatic carbocycles. The summed E-state index contributed by atoms with van der Waals surface area (Å²) < 4.78 is 5.00. The van der Waals surface area contributed by atoms with Crippen LogP contribution >= 0.6 is 0 Å². The van der Waals surface area contributed by atoms with Crippen LogP contribution in [0.15, 0.2) is 30.3 Å². The van der Waals surface area contributed by atoms with Crippen LogP contribution in [0.2, 0.25) is 0 Å². The second-order valence-electron chi connectivity index (χ2n) is 4.88. The molecule has 1 amide bonds. The predicted molar refractivity (Wildman–Crippen MR) is 69.9 cm³/mol. The number of ether oxygens (including phenoxy) is 1. The largest absolute Gasteiger partial charge is 0.479 e. The summed E-state index contributed by atoms with van der Waals surface area (Å²) in [5.74, 6) is -1.33. The van der Waals surface area contributed by atoms with Crippen molar-refractivity contribution in [2.24, 2.45) is 5.92 Å². The van der Waals surface area contributed by atoms with Gasteiger partial charge in [-0.1, -0.05) is 30.3 Å². The van der Waals surface area contributed by atoms with E-state index in [2.05, 4.69) is 5.32 Å². The summed E-state index contributed by atoms with van der Waals surface area (Å²) in [7, 11) is 0. The summed E-state index contributed by atoms with van der Waals surface area (Å²) in [4.78, 5) is 22.9.